The molecule has 2 atom stereocenters. The maximum atomic E-state index is 13.4. The summed E-state index contributed by atoms with van der Waals surface area (Å²) in [6, 6.07) is 6.65. The fourth-order valence-corrected chi connectivity index (χ4v) is 1.57. The largest absolute Gasteiger partial charge is 0.395 e. The summed E-state index contributed by atoms with van der Waals surface area (Å²) >= 11 is 0. The van der Waals surface area contributed by atoms with Gasteiger partial charge in [-0.2, -0.15) is 0 Å². The Morgan fingerprint density at radius 1 is 1.40 bits per heavy atom. The second-order valence-corrected chi connectivity index (χ2v) is 3.70. The average molecular weight is 211 g/mol. The fourth-order valence-electron chi connectivity index (χ4n) is 1.57. The summed E-state index contributed by atoms with van der Waals surface area (Å²) in [5.41, 5.74) is 0.643. The number of aliphatic hydroxyl groups excluding tert-OH is 1. The van der Waals surface area contributed by atoms with Crippen molar-refractivity contribution in [3.05, 3.63) is 35.6 Å². The van der Waals surface area contributed by atoms with Crippen LogP contribution in [0.4, 0.5) is 4.39 Å². The molecule has 0 saturated carbocycles. The zero-order valence-electron chi connectivity index (χ0n) is 9.20. The number of nitrogens with one attached hydrogen (secondary N) is 1. The first kappa shape index (κ1) is 12.1. The molecule has 84 valence electrons. The minimum atomic E-state index is -0.203. The van der Waals surface area contributed by atoms with E-state index >= 15 is 0 Å². The molecule has 0 amide bonds. The van der Waals surface area contributed by atoms with E-state index in [1.807, 2.05) is 19.9 Å². The lowest BCUT2D eigenvalue weighted by Gasteiger charge is -2.21. The Hall–Kier alpha value is -0.930. The SMILES string of the molecule is CCC(CO)NC(C)c1ccccc1F. The van der Waals surface area contributed by atoms with Crippen LogP contribution < -0.4 is 5.32 Å². The number of rotatable bonds is 5. The third-order valence-electron chi connectivity index (χ3n) is 2.57. The molecule has 0 radical (unpaired) electrons. The minimum absolute atomic E-state index is 0.0274. The summed E-state index contributed by atoms with van der Waals surface area (Å²) in [5, 5.41) is 12.2. The second kappa shape index (κ2) is 5.83. The smallest absolute Gasteiger partial charge is 0.127 e. The Labute approximate surface area is 90.1 Å². The third kappa shape index (κ3) is 3.29. The Morgan fingerprint density at radius 3 is 2.60 bits per heavy atom. The Kier molecular flexibility index (Phi) is 4.72. The summed E-state index contributed by atoms with van der Waals surface area (Å²) in [6.45, 7) is 3.97. The van der Waals surface area contributed by atoms with Gasteiger partial charge in [-0.05, 0) is 19.4 Å². The zero-order valence-corrected chi connectivity index (χ0v) is 9.20. The van der Waals surface area contributed by atoms with Gasteiger partial charge in [-0.1, -0.05) is 25.1 Å². The first-order valence-corrected chi connectivity index (χ1v) is 5.30. The maximum Gasteiger partial charge on any atom is 0.127 e. The van der Waals surface area contributed by atoms with Crippen molar-refractivity contribution in [3.8, 4) is 0 Å². The molecule has 0 heterocycles. The van der Waals surface area contributed by atoms with E-state index < -0.39 is 0 Å². The number of hydrogen-bond acceptors (Lipinski definition) is 2. The molecule has 0 spiro atoms. The van der Waals surface area contributed by atoms with Crippen LogP contribution in [-0.4, -0.2) is 17.8 Å². The monoisotopic (exact) mass is 211 g/mol. The highest BCUT2D eigenvalue weighted by molar-refractivity contribution is 5.20. The van der Waals surface area contributed by atoms with Gasteiger partial charge in [0.25, 0.3) is 0 Å². The van der Waals surface area contributed by atoms with Crippen molar-refractivity contribution in [2.45, 2.75) is 32.4 Å². The van der Waals surface area contributed by atoms with Crippen molar-refractivity contribution in [1.29, 1.82) is 0 Å². The van der Waals surface area contributed by atoms with Crippen LogP contribution in [0.3, 0.4) is 0 Å². The van der Waals surface area contributed by atoms with Gasteiger partial charge >= 0.3 is 0 Å². The van der Waals surface area contributed by atoms with Gasteiger partial charge in [-0.15, -0.1) is 0 Å². The molecule has 15 heavy (non-hydrogen) atoms. The van der Waals surface area contributed by atoms with Gasteiger partial charge in [0.2, 0.25) is 0 Å². The summed E-state index contributed by atoms with van der Waals surface area (Å²) in [6.07, 6.45) is 0.829. The molecule has 0 saturated heterocycles. The average Bonchev–Trinajstić information content (AvgIpc) is 2.26. The number of hydrogen-bond donors (Lipinski definition) is 2. The van der Waals surface area contributed by atoms with Crippen molar-refractivity contribution < 1.29 is 9.50 Å². The van der Waals surface area contributed by atoms with Gasteiger partial charge in [-0.3, -0.25) is 0 Å². The molecule has 1 aromatic rings. The van der Waals surface area contributed by atoms with E-state index in [4.69, 9.17) is 5.11 Å². The van der Waals surface area contributed by atoms with E-state index in [1.165, 1.54) is 6.07 Å². The molecule has 2 unspecified atom stereocenters. The van der Waals surface area contributed by atoms with Crippen LogP contribution in [0, 0.1) is 5.82 Å². The lowest BCUT2D eigenvalue weighted by atomic mass is 10.1. The van der Waals surface area contributed by atoms with E-state index in [9.17, 15) is 4.39 Å². The molecule has 2 N–H and O–H groups in total. The quantitative estimate of drug-likeness (QED) is 0.783. The van der Waals surface area contributed by atoms with Crippen molar-refractivity contribution in [1.82, 2.24) is 5.32 Å². The first-order valence-electron chi connectivity index (χ1n) is 5.30. The van der Waals surface area contributed by atoms with Gasteiger partial charge in [-0.25, -0.2) is 4.39 Å². The molecule has 1 aromatic carbocycles. The van der Waals surface area contributed by atoms with E-state index in [1.54, 1.807) is 12.1 Å². The normalized spacial score (nSPS) is 14.9. The van der Waals surface area contributed by atoms with Crippen LogP contribution in [0.25, 0.3) is 0 Å². The standard InChI is InChI=1S/C12H18FNO/c1-3-10(8-15)14-9(2)11-6-4-5-7-12(11)13/h4-7,9-10,14-15H,3,8H2,1-2H3. The molecular weight excluding hydrogens is 193 g/mol. The third-order valence-corrected chi connectivity index (χ3v) is 2.57. The topological polar surface area (TPSA) is 32.3 Å². The fraction of sp³-hybridized carbons (Fsp3) is 0.500. The maximum absolute atomic E-state index is 13.4. The highest BCUT2D eigenvalue weighted by Gasteiger charge is 2.13. The molecule has 0 aliphatic carbocycles. The second-order valence-electron chi connectivity index (χ2n) is 3.70. The number of halogens is 1. The van der Waals surface area contributed by atoms with Gasteiger partial charge in [0, 0.05) is 17.6 Å². The zero-order chi connectivity index (χ0) is 11.3. The van der Waals surface area contributed by atoms with Crippen LogP contribution >= 0.6 is 0 Å². The molecule has 3 heteroatoms. The molecule has 0 aromatic heterocycles. The number of benzene rings is 1. The summed E-state index contributed by atoms with van der Waals surface area (Å²) in [4.78, 5) is 0. The number of aliphatic hydroxyl groups is 1. The van der Waals surface area contributed by atoms with E-state index in [2.05, 4.69) is 5.32 Å². The van der Waals surface area contributed by atoms with Crippen molar-refractivity contribution in [2.24, 2.45) is 0 Å². The molecule has 0 aliphatic heterocycles. The predicted octanol–water partition coefficient (Wildman–Crippen LogP) is 2.25. The highest BCUT2D eigenvalue weighted by Crippen LogP contribution is 2.16. The van der Waals surface area contributed by atoms with Crippen LogP contribution in [0.1, 0.15) is 31.9 Å². The van der Waals surface area contributed by atoms with E-state index in [0.29, 0.717) is 5.56 Å². The summed E-state index contributed by atoms with van der Waals surface area (Å²) in [5.74, 6) is -0.203. The molecule has 1 rings (SSSR count). The molecule has 0 aliphatic rings. The molecule has 2 nitrogen and oxygen atoms in total. The minimum Gasteiger partial charge on any atom is -0.395 e. The molecular formula is C12H18FNO. The Balaban J connectivity index is 2.68. The van der Waals surface area contributed by atoms with Crippen LogP contribution in [0.15, 0.2) is 24.3 Å². The van der Waals surface area contributed by atoms with E-state index in [0.717, 1.165) is 6.42 Å². The van der Waals surface area contributed by atoms with Gasteiger partial charge < -0.3 is 10.4 Å². The van der Waals surface area contributed by atoms with Crippen LogP contribution in [0.2, 0.25) is 0 Å². The van der Waals surface area contributed by atoms with Crippen LogP contribution in [0.5, 0.6) is 0 Å². The van der Waals surface area contributed by atoms with Gasteiger partial charge in [0.15, 0.2) is 0 Å². The summed E-state index contributed by atoms with van der Waals surface area (Å²) < 4.78 is 13.4. The highest BCUT2D eigenvalue weighted by atomic mass is 19.1. The molecule has 0 fully saturated rings. The predicted molar refractivity (Wildman–Crippen MR) is 59.1 cm³/mol. The lowest BCUT2D eigenvalue weighted by Crippen LogP contribution is -2.34. The van der Waals surface area contributed by atoms with E-state index in [-0.39, 0.29) is 24.5 Å². The Morgan fingerprint density at radius 2 is 2.07 bits per heavy atom. The van der Waals surface area contributed by atoms with Gasteiger partial charge in [0.1, 0.15) is 5.82 Å². The van der Waals surface area contributed by atoms with Crippen molar-refractivity contribution >= 4 is 0 Å². The summed E-state index contributed by atoms with van der Waals surface area (Å²) in [7, 11) is 0. The van der Waals surface area contributed by atoms with Gasteiger partial charge in [0.05, 0.1) is 6.61 Å². The van der Waals surface area contributed by atoms with Crippen LogP contribution in [-0.2, 0) is 0 Å². The van der Waals surface area contributed by atoms with Crippen molar-refractivity contribution in [3.63, 3.8) is 0 Å². The molecule has 0 bridgehead atoms. The lowest BCUT2D eigenvalue weighted by molar-refractivity contribution is 0.229. The van der Waals surface area contributed by atoms with Crippen molar-refractivity contribution in [2.75, 3.05) is 6.61 Å². The first-order chi connectivity index (χ1) is 7.19. The Bertz CT molecular complexity index is 299.